The molecule has 1 aromatic carbocycles. The van der Waals surface area contributed by atoms with Crippen LogP contribution in [-0.2, 0) is 0 Å². The Morgan fingerprint density at radius 3 is 2.76 bits per heavy atom. The number of hydrogen-bond acceptors (Lipinski definition) is 3. The van der Waals surface area contributed by atoms with Crippen LogP contribution in [0.2, 0.25) is 0 Å². The monoisotopic (exact) mass is 241 g/mol. The van der Waals surface area contributed by atoms with E-state index >= 15 is 0 Å². The molecule has 0 spiro atoms. The summed E-state index contributed by atoms with van der Waals surface area (Å²) in [6.45, 7) is 3.84. The Balaban J connectivity index is 2.58. The van der Waals surface area contributed by atoms with Gasteiger partial charge < -0.3 is 15.2 Å². The third kappa shape index (κ3) is 4.32. The Labute approximate surface area is 102 Å². The SMILES string of the molecule is CNC(C)(CO)CC(C)Oc1cccc(F)c1. The zero-order valence-corrected chi connectivity index (χ0v) is 10.5. The lowest BCUT2D eigenvalue weighted by Gasteiger charge is -2.30. The van der Waals surface area contributed by atoms with Crippen molar-refractivity contribution < 1.29 is 14.2 Å². The smallest absolute Gasteiger partial charge is 0.126 e. The van der Waals surface area contributed by atoms with E-state index in [0.29, 0.717) is 12.2 Å². The van der Waals surface area contributed by atoms with Crippen LogP contribution in [0.5, 0.6) is 5.75 Å². The van der Waals surface area contributed by atoms with Crippen LogP contribution in [0, 0.1) is 5.82 Å². The number of halogens is 1. The lowest BCUT2D eigenvalue weighted by Crippen LogP contribution is -2.46. The normalized spacial score (nSPS) is 16.3. The van der Waals surface area contributed by atoms with Crippen molar-refractivity contribution >= 4 is 0 Å². The highest BCUT2D eigenvalue weighted by molar-refractivity contribution is 5.22. The van der Waals surface area contributed by atoms with Gasteiger partial charge in [0.25, 0.3) is 0 Å². The summed E-state index contributed by atoms with van der Waals surface area (Å²) in [5, 5.41) is 12.3. The highest BCUT2D eigenvalue weighted by Crippen LogP contribution is 2.18. The Morgan fingerprint density at radius 2 is 2.24 bits per heavy atom. The first-order valence-corrected chi connectivity index (χ1v) is 5.71. The summed E-state index contributed by atoms with van der Waals surface area (Å²) >= 11 is 0. The quantitative estimate of drug-likeness (QED) is 0.800. The molecule has 0 aromatic heterocycles. The van der Waals surface area contributed by atoms with Gasteiger partial charge in [-0.15, -0.1) is 0 Å². The van der Waals surface area contributed by atoms with Crippen molar-refractivity contribution in [1.82, 2.24) is 5.32 Å². The van der Waals surface area contributed by atoms with E-state index in [1.165, 1.54) is 12.1 Å². The topological polar surface area (TPSA) is 41.5 Å². The van der Waals surface area contributed by atoms with Crippen molar-refractivity contribution in [2.75, 3.05) is 13.7 Å². The van der Waals surface area contributed by atoms with E-state index in [-0.39, 0.29) is 24.1 Å². The van der Waals surface area contributed by atoms with Crippen LogP contribution in [0.4, 0.5) is 4.39 Å². The maximum atomic E-state index is 13.0. The number of aliphatic hydroxyl groups is 1. The van der Waals surface area contributed by atoms with Crippen LogP contribution in [0.3, 0.4) is 0 Å². The average Bonchev–Trinajstić information content (AvgIpc) is 2.28. The minimum absolute atomic E-state index is 0.0281. The van der Waals surface area contributed by atoms with Crippen LogP contribution in [0.15, 0.2) is 24.3 Å². The lowest BCUT2D eigenvalue weighted by atomic mass is 9.96. The molecule has 0 radical (unpaired) electrons. The molecule has 17 heavy (non-hydrogen) atoms. The fourth-order valence-electron chi connectivity index (χ4n) is 1.69. The Hall–Kier alpha value is -1.13. The standard InChI is InChI=1S/C13H20FNO2/c1-10(8-13(2,9-16)15-3)17-12-6-4-5-11(14)7-12/h4-7,10,15-16H,8-9H2,1-3H3. The molecular weight excluding hydrogens is 221 g/mol. The zero-order chi connectivity index (χ0) is 12.9. The first kappa shape index (κ1) is 13.9. The summed E-state index contributed by atoms with van der Waals surface area (Å²) in [4.78, 5) is 0. The largest absolute Gasteiger partial charge is 0.491 e. The van der Waals surface area contributed by atoms with Crippen molar-refractivity contribution in [1.29, 1.82) is 0 Å². The molecule has 0 aliphatic rings. The molecule has 3 nitrogen and oxygen atoms in total. The van der Waals surface area contributed by atoms with E-state index in [9.17, 15) is 9.50 Å². The third-order valence-electron chi connectivity index (χ3n) is 2.82. The molecule has 0 amide bonds. The van der Waals surface area contributed by atoms with Gasteiger partial charge in [0.05, 0.1) is 12.7 Å². The minimum atomic E-state index is -0.382. The highest BCUT2D eigenvalue weighted by Gasteiger charge is 2.24. The number of hydrogen-bond donors (Lipinski definition) is 2. The summed E-state index contributed by atoms with van der Waals surface area (Å²) in [7, 11) is 1.80. The number of aliphatic hydroxyl groups excluding tert-OH is 1. The van der Waals surface area contributed by atoms with Crippen molar-refractivity contribution in [2.45, 2.75) is 31.9 Å². The van der Waals surface area contributed by atoms with Crippen LogP contribution in [0.1, 0.15) is 20.3 Å². The molecule has 0 bridgehead atoms. The first-order chi connectivity index (χ1) is 7.99. The van der Waals surface area contributed by atoms with E-state index in [0.717, 1.165) is 0 Å². The van der Waals surface area contributed by atoms with E-state index in [4.69, 9.17) is 4.74 Å². The summed E-state index contributed by atoms with van der Waals surface area (Å²) in [5.41, 5.74) is -0.382. The van der Waals surface area contributed by atoms with E-state index in [1.54, 1.807) is 19.2 Å². The third-order valence-corrected chi connectivity index (χ3v) is 2.82. The maximum absolute atomic E-state index is 13.0. The summed E-state index contributed by atoms with van der Waals surface area (Å²) in [5.74, 6) is 0.196. The summed E-state index contributed by atoms with van der Waals surface area (Å²) in [6, 6.07) is 6.06. The number of likely N-dealkylation sites (N-methyl/N-ethyl adjacent to an activating group) is 1. The number of nitrogens with one attached hydrogen (secondary N) is 1. The van der Waals surface area contributed by atoms with Crippen LogP contribution < -0.4 is 10.1 Å². The molecule has 0 aliphatic carbocycles. The number of benzene rings is 1. The van der Waals surface area contributed by atoms with Gasteiger partial charge in [-0.25, -0.2) is 4.39 Å². The molecule has 0 heterocycles. The lowest BCUT2D eigenvalue weighted by molar-refractivity contribution is 0.115. The van der Waals surface area contributed by atoms with E-state index in [2.05, 4.69) is 5.32 Å². The molecule has 0 saturated heterocycles. The van der Waals surface area contributed by atoms with Gasteiger partial charge in [-0.05, 0) is 33.0 Å². The zero-order valence-electron chi connectivity index (χ0n) is 10.5. The van der Waals surface area contributed by atoms with Crippen molar-refractivity contribution in [2.24, 2.45) is 0 Å². The van der Waals surface area contributed by atoms with Crippen molar-refractivity contribution in [3.63, 3.8) is 0 Å². The molecule has 2 N–H and O–H groups in total. The predicted molar refractivity (Wildman–Crippen MR) is 65.7 cm³/mol. The van der Waals surface area contributed by atoms with Crippen LogP contribution in [-0.4, -0.2) is 30.4 Å². The Morgan fingerprint density at radius 1 is 1.53 bits per heavy atom. The Kier molecular flexibility index (Phi) is 4.90. The van der Waals surface area contributed by atoms with Crippen molar-refractivity contribution in [3.05, 3.63) is 30.1 Å². The molecule has 4 heteroatoms. The van der Waals surface area contributed by atoms with Gasteiger partial charge in [0, 0.05) is 18.0 Å². The van der Waals surface area contributed by atoms with Crippen molar-refractivity contribution in [3.8, 4) is 5.75 Å². The molecule has 0 aliphatic heterocycles. The number of rotatable bonds is 6. The van der Waals surface area contributed by atoms with Gasteiger partial charge in [-0.2, -0.15) is 0 Å². The van der Waals surface area contributed by atoms with Gasteiger partial charge in [-0.3, -0.25) is 0 Å². The second-order valence-corrected chi connectivity index (χ2v) is 4.56. The van der Waals surface area contributed by atoms with Crippen LogP contribution in [0.25, 0.3) is 0 Å². The predicted octanol–water partition coefficient (Wildman–Crippen LogP) is 1.95. The highest BCUT2D eigenvalue weighted by atomic mass is 19.1. The second-order valence-electron chi connectivity index (χ2n) is 4.56. The van der Waals surface area contributed by atoms with Gasteiger partial charge in [0.1, 0.15) is 11.6 Å². The molecule has 1 rings (SSSR count). The second kappa shape index (κ2) is 5.98. The fraction of sp³-hybridized carbons (Fsp3) is 0.538. The average molecular weight is 241 g/mol. The van der Waals surface area contributed by atoms with E-state index < -0.39 is 0 Å². The summed E-state index contributed by atoms with van der Waals surface area (Å²) in [6.07, 6.45) is 0.526. The number of ether oxygens (including phenoxy) is 1. The van der Waals surface area contributed by atoms with Gasteiger partial charge in [-0.1, -0.05) is 6.07 Å². The fourth-order valence-corrected chi connectivity index (χ4v) is 1.69. The van der Waals surface area contributed by atoms with Gasteiger partial charge in [0.15, 0.2) is 0 Å². The van der Waals surface area contributed by atoms with Gasteiger partial charge in [0.2, 0.25) is 0 Å². The van der Waals surface area contributed by atoms with E-state index in [1.807, 2.05) is 13.8 Å². The van der Waals surface area contributed by atoms with Gasteiger partial charge >= 0.3 is 0 Å². The molecule has 2 unspecified atom stereocenters. The van der Waals surface area contributed by atoms with Crippen LogP contribution >= 0.6 is 0 Å². The molecule has 0 fully saturated rings. The Bertz CT molecular complexity index is 353. The molecule has 96 valence electrons. The molecule has 0 saturated carbocycles. The molecule has 2 atom stereocenters. The minimum Gasteiger partial charge on any atom is -0.491 e. The molecular formula is C13H20FNO2. The summed E-state index contributed by atoms with van der Waals surface area (Å²) < 4.78 is 18.6. The maximum Gasteiger partial charge on any atom is 0.126 e. The first-order valence-electron chi connectivity index (χ1n) is 5.71. The molecule has 1 aromatic rings.